The molecule has 0 aromatic carbocycles. The molecular formula is C75H134O6. The lowest BCUT2D eigenvalue weighted by Gasteiger charge is -2.18. The number of unbranched alkanes of at least 4 members (excludes halogenated alkanes) is 42. The summed E-state index contributed by atoms with van der Waals surface area (Å²) in [6.07, 6.45) is 90.6. The molecule has 0 bridgehead atoms. The molecule has 6 heteroatoms. The molecule has 0 aliphatic carbocycles. The number of carbonyl (C=O) groups excluding carboxylic acids is 3. The molecule has 0 spiro atoms. The molecule has 81 heavy (non-hydrogen) atoms. The zero-order valence-corrected chi connectivity index (χ0v) is 54.1. The van der Waals surface area contributed by atoms with Crippen molar-refractivity contribution >= 4 is 17.9 Å². The van der Waals surface area contributed by atoms with E-state index in [2.05, 4.69) is 93.7 Å². The van der Waals surface area contributed by atoms with Gasteiger partial charge in [0.1, 0.15) is 13.2 Å². The van der Waals surface area contributed by atoms with E-state index >= 15 is 0 Å². The molecule has 0 fully saturated rings. The van der Waals surface area contributed by atoms with Crippen molar-refractivity contribution in [3.05, 3.63) is 72.9 Å². The number of carbonyl (C=O) groups is 3. The molecule has 470 valence electrons. The fourth-order valence-electron chi connectivity index (χ4n) is 10.4. The van der Waals surface area contributed by atoms with Crippen molar-refractivity contribution in [2.75, 3.05) is 13.2 Å². The Morgan fingerprint density at radius 2 is 0.481 bits per heavy atom. The van der Waals surface area contributed by atoms with E-state index in [4.69, 9.17) is 14.2 Å². The maximum absolute atomic E-state index is 12.9. The Labute approximate surface area is 503 Å². The Bertz CT molecular complexity index is 1490. The lowest BCUT2D eigenvalue weighted by molar-refractivity contribution is -0.167. The minimum atomic E-state index is -0.777. The highest BCUT2D eigenvalue weighted by Crippen LogP contribution is 2.18. The molecule has 0 radical (unpaired) electrons. The number of allylic oxidation sites excluding steroid dienone is 12. The summed E-state index contributed by atoms with van der Waals surface area (Å²) < 4.78 is 17.0. The van der Waals surface area contributed by atoms with Gasteiger partial charge < -0.3 is 14.2 Å². The van der Waals surface area contributed by atoms with Crippen molar-refractivity contribution in [2.45, 2.75) is 374 Å². The minimum Gasteiger partial charge on any atom is -0.462 e. The van der Waals surface area contributed by atoms with Crippen molar-refractivity contribution in [1.82, 2.24) is 0 Å². The van der Waals surface area contributed by atoms with Gasteiger partial charge in [-0.25, -0.2) is 0 Å². The van der Waals surface area contributed by atoms with Gasteiger partial charge in [0.05, 0.1) is 0 Å². The number of esters is 3. The first kappa shape index (κ1) is 77.9. The summed E-state index contributed by atoms with van der Waals surface area (Å²) in [6, 6.07) is 0. The van der Waals surface area contributed by atoms with E-state index in [1.54, 1.807) is 0 Å². The van der Waals surface area contributed by atoms with E-state index in [-0.39, 0.29) is 31.1 Å². The molecule has 6 nitrogen and oxygen atoms in total. The number of hydrogen-bond donors (Lipinski definition) is 0. The summed E-state index contributed by atoms with van der Waals surface area (Å²) in [5.41, 5.74) is 0. The van der Waals surface area contributed by atoms with Crippen LogP contribution in [0.5, 0.6) is 0 Å². The van der Waals surface area contributed by atoms with Crippen molar-refractivity contribution in [3.8, 4) is 0 Å². The maximum atomic E-state index is 12.9. The third kappa shape index (κ3) is 67.5. The molecule has 0 saturated heterocycles. The molecule has 1 atom stereocenters. The lowest BCUT2D eigenvalue weighted by Crippen LogP contribution is -2.30. The van der Waals surface area contributed by atoms with Crippen LogP contribution in [0.3, 0.4) is 0 Å². The Morgan fingerprint density at radius 3 is 0.765 bits per heavy atom. The molecule has 0 saturated carbocycles. The van der Waals surface area contributed by atoms with Gasteiger partial charge in [-0.15, -0.1) is 0 Å². The van der Waals surface area contributed by atoms with E-state index < -0.39 is 6.10 Å². The Kier molecular flexibility index (Phi) is 66.6. The lowest BCUT2D eigenvalue weighted by atomic mass is 10.0. The Balaban J connectivity index is 4.27. The van der Waals surface area contributed by atoms with Crippen LogP contribution in [0.25, 0.3) is 0 Å². The van der Waals surface area contributed by atoms with Gasteiger partial charge in [-0.05, 0) is 89.9 Å². The van der Waals surface area contributed by atoms with E-state index in [9.17, 15) is 14.4 Å². The second kappa shape index (κ2) is 69.3. The molecule has 0 aromatic rings. The SMILES string of the molecule is CC/C=C\C/C=C\C/C=C\C/C=C\C/C=C\CCCCCCCCCCCCCCCC(=O)OCC(COC(=O)CCCCCCCCCCCCCCCCCCC)OC(=O)CCCCCCCCC/C=C\CCCCCCCC. The van der Waals surface area contributed by atoms with Crippen LogP contribution in [0.2, 0.25) is 0 Å². The predicted octanol–water partition coefficient (Wildman–Crippen LogP) is 24.4. The largest absolute Gasteiger partial charge is 0.462 e. The van der Waals surface area contributed by atoms with Gasteiger partial charge in [0.25, 0.3) is 0 Å². The van der Waals surface area contributed by atoms with Gasteiger partial charge in [0.2, 0.25) is 0 Å². The monoisotopic (exact) mass is 1130 g/mol. The normalized spacial score (nSPS) is 12.5. The Hall–Kier alpha value is -3.15. The van der Waals surface area contributed by atoms with E-state index in [1.807, 2.05) is 0 Å². The fraction of sp³-hybridized carbons (Fsp3) is 0.800. The van der Waals surface area contributed by atoms with Gasteiger partial charge in [-0.1, -0.05) is 331 Å². The van der Waals surface area contributed by atoms with Crippen molar-refractivity contribution < 1.29 is 28.6 Å². The summed E-state index contributed by atoms with van der Waals surface area (Å²) in [6.45, 7) is 6.58. The molecular weight excluding hydrogens is 997 g/mol. The van der Waals surface area contributed by atoms with Gasteiger partial charge in [0, 0.05) is 19.3 Å². The fourth-order valence-corrected chi connectivity index (χ4v) is 10.4. The van der Waals surface area contributed by atoms with Crippen molar-refractivity contribution in [2.24, 2.45) is 0 Å². The summed E-state index contributed by atoms with van der Waals surface area (Å²) >= 11 is 0. The van der Waals surface area contributed by atoms with Crippen LogP contribution in [0.1, 0.15) is 367 Å². The zero-order valence-electron chi connectivity index (χ0n) is 54.1. The molecule has 0 aromatic heterocycles. The summed E-state index contributed by atoms with van der Waals surface area (Å²) in [5.74, 6) is -0.854. The smallest absolute Gasteiger partial charge is 0.306 e. The van der Waals surface area contributed by atoms with Crippen LogP contribution in [0, 0.1) is 0 Å². The molecule has 0 amide bonds. The predicted molar refractivity (Wildman–Crippen MR) is 353 cm³/mol. The van der Waals surface area contributed by atoms with Gasteiger partial charge in [-0.3, -0.25) is 14.4 Å². The van der Waals surface area contributed by atoms with Crippen LogP contribution in [0.4, 0.5) is 0 Å². The number of ether oxygens (including phenoxy) is 3. The zero-order chi connectivity index (χ0) is 58.5. The van der Waals surface area contributed by atoms with Gasteiger partial charge in [0.15, 0.2) is 6.10 Å². The van der Waals surface area contributed by atoms with Crippen molar-refractivity contribution in [3.63, 3.8) is 0 Å². The Morgan fingerprint density at radius 1 is 0.259 bits per heavy atom. The van der Waals surface area contributed by atoms with Crippen LogP contribution in [-0.2, 0) is 28.6 Å². The molecule has 1 unspecified atom stereocenters. The van der Waals surface area contributed by atoms with E-state index in [0.29, 0.717) is 19.3 Å². The summed E-state index contributed by atoms with van der Waals surface area (Å²) in [5, 5.41) is 0. The topological polar surface area (TPSA) is 78.9 Å². The van der Waals surface area contributed by atoms with E-state index in [1.165, 1.54) is 238 Å². The van der Waals surface area contributed by atoms with Crippen molar-refractivity contribution in [1.29, 1.82) is 0 Å². The molecule has 0 aliphatic rings. The third-order valence-electron chi connectivity index (χ3n) is 15.7. The molecule has 0 rings (SSSR count). The first-order valence-electron chi connectivity index (χ1n) is 35.4. The summed E-state index contributed by atoms with van der Waals surface area (Å²) in [7, 11) is 0. The highest BCUT2D eigenvalue weighted by atomic mass is 16.6. The molecule has 0 N–H and O–H groups in total. The average Bonchev–Trinajstić information content (AvgIpc) is 3.47. The number of hydrogen-bond acceptors (Lipinski definition) is 6. The second-order valence-electron chi connectivity index (χ2n) is 23.8. The maximum Gasteiger partial charge on any atom is 0.306 e. The first-order chi connectivity index (χ1) is 40.0. The molecule has 0 heterocycles. The number of rotatable bonds is 65. The summed E-state index contributed by atoms with van der Waals surface area (Å²) in [4.78, 5) is 38.5. The average molecular weight is 1130 g/mol. The van der Waals surface area contributed by atoms with Crippen LogP contribution in [0.15, 0.2) is 72.9 Å². The third-order valence-corrected chi connectivity index (χ3v) is 15.7. The quantitative estimate of drug-likeness (QED) is 0.0261. The highest BCUT2D eigenvalue weighted by molar-refractivity contribution is 5.71. The van der Waals surface area contributed by atoms with Crippen LogP contribution >= 0.6 is 0 Å². The molecule has 0 aliphatic heterocycles. The first-order valence-corrected chi connectivity index (χ1v) is 35.4. The standard InChI is InChI=1S/C75H134O6/c1-4-7-10-13-16-19-22-25-28-31-32-33-34-35-36-37-38-39-40-41-42-45-47-50-53-56-59-62-65-68-74(77)80-71-72(81-75(78)69-66-63-60-57-54-51-48-44-30-27-24-21-18-15-12-9-6-3)70-79-73(76)67-64-61-58-55-52-49-46-43-29-26-23-20-17-14-11-8-5-2/h7,10,16,19,25,27-28,30,32-33,35-36,72H,4-6,8-9,11-15,17-18,20-24,26,29,31,34,37-71H2,1-3H3/b10-7-,19-16-,28-25-,30-27-,33-32-,36-35-. The van der Waals surface area contributed by atoms with Gasteiger partial charge in [-0.2, -0.15) is 0 Å². The van der Waals surface area contributed by atoms with Crippen LogP contribution < -0.4 is 0 Å². The minimum absolute atomic E-state index is 0.0719. The second-order valence-corrected chi connectivity index (χ2v) is 23.8. The van der Waals surface area contributed by atoms with Gasteiger partial charge >= 0.3 is 17.9 Å². The van der Waals surface area contributed by atoms with E-state index in [0.717, 1.165) is 89.9 Å². The highest BCUT2D eigenvalue weighted by Gasteiger charge is 2.19. The van der Waals surface area contributed by atoms with Crippen LogP contribution in [-0.4, -0.2) is 37.2 Å².